The monoisotopic (exact) mass is 395 g/mol. The Morgan fingerprint density at radius 2 is 2.10 bits per heavy atom. The van der Waals surface area contributed by atoms with Crippen molar-refractivity contribution >= 4 is 6.08 Å². The second-order valence-electron chi connectivity index (χ2n) is 8.97. The molecule has 3 heterocycles. The Balaban J connectivity index is 1.35. The van der Waals surface area contributed by atoms with Crippen molar-refractivity contribution in [1.82, 2.24) is 15.1 Å². The van der Waals surface area contributed by atoms with Gasteiger partial charge in [-0.1, -0.05) is 18.2 Å². The summed E-state index contributed by atoms with van der Waals surface area (Å²) in [6, 6.07) is 4.22. The molecule has 29 heavy (non-hydrogen) atoms. The number of rotatable bonds is 4. The second-order valence-corrected chi connectivity index (χ2v) is 8.97. The lowest BCUT2D eigenvalue weighted by Crippen LogP contribution is -2.58. The summed E-state index contributed by atoms with van der Waals surface area (Å²) in [5.74, 6) is 1.95. The van der Waals surface area contributed by atoms with Crippen molar-refractivity contribution in [3.05, 3.63) is 41.1 Å². The summed E-state index contributed by atoms with van der Waals surface area (Å²) >= 11 is 0. The van der Waals surface area contributed by atoms with E-state index in [1.165, 1.54) is 16.8 Å². The number of ether oxygens (including phenoxy) is 2. The van der Waals surface area contributed by atoms with Gasteiger partial charge in [0.2, 0.25) is 0 Å². The number of piperidine rings is 1. The van der Waals surface area contributed by atoms with E-state index < -0.39 is 6.10 Å². The Bertz CT molecular complexity index is 892. The molecule has 4 unspecified atom stereocenters. The van der Waals surface area contributed by atoms with Crippen molar-refractivity contribution in [3.8, 4) is 11.5 Å². The van der Waals surface area contributed by atoms with Crippen LogP contribution in [-0.2, 0) is 5.41 Å². The van der Waals surface area contributed by atoms with E-state index in [0.717, 1.165) is 57.2 Å². The lowest BCUT2D eigenvalue weighted by molar-refractivity contribution is -0.00815. The van der Waals surface area contributed by atoms with Crippen LogP contribution in [0.15, 0.2) is 30.0 Å². The topological polar surface area (TPSA) is 57.2 Å². The zero-order chi connectivity index (χ0) is 19.6. The van der Waals surface area contributed by atoms with Crippen molar-refractivity contribution < 1.29 is 14.6 Å². The molecule has 2 aliphatic carbocycles. The quantitative estimate of drug-likeness (QED) is 0.748. The number of aliphatic hydroxyl groups is 1. The molecule has 2 saturated heterocycles. The number of allylic oxidation sites excluding steroid dienone is 1. The summed E-state index contributed by atoms with van der Waals surface area (Å²) in [7, 11) is 2.17. The minimum Gasteiger partial charge on any atom is -0.488 e. The first-order valence-corrected chi connectivity index (χ1v) is 10.9. The molecular formula is C23H29N3O3. The average molecular weight is 396 g/mol. The summed E-state index contributed by atoms with van der Waals surface area (Å²) < 4.78 is 12.7. The second kappa shape index (κ2) is 6.49. The molecule has 154 valence electrons. The first kappa shape index (κ1) is 17.8. The van der Waals surface area contributed by atoms with Crippen molar-refractivity contribution in [2.45, 2.75) is 24.0 Å². The van der Waals surface area contributed by atoms with Crippen LogP contribution in [0.2, 0.25) is 0 Å². The van der Waals surface area contributed by atoms with Gasteiger partial charge in [-0.3, -0.25) is 4.90 Å². The highest BCUT2D eigenvalue weighted by Crippen LogP contribution is 2.62. The number of piperazine rings is 1. The summed E-state index contributed by atoms with van der Waals surface area (Å²) in [5.41, 5.74) is 3.64. The Kier molecular flexibility index (Phi) is 3.98. The third-order valence-electron chi connectivity index (χ3n) is 7.54. The smallest absolute Gasteiger partial charge is 0.166 e. The van der Waals surface area contributed by atoms with E-state index >= 15 is 0 Å². The lowest BCUT2D eigenvalue weighted by Gasteiger charge is -2.53. The molecule has 0 aromatic heterocycles. The van der Waals surface area contributed by atoms with Gasteiger partial charge in [-0.25, -0.2) is 0 Å². The molecule has 5 aliphatic rings. The highest BCUT2D eigenvalue weighted by molar-refractivity contribution is 5.73. The van der Waals surface area contributed by atoms with Crippen molar-refractivity contribution in [3.63, 3.8) is 0 Å². The first-order chi connectivity index (χ1) is 14.2. The van der Waals surface area contributed by atoms with Gasteiger partial charge >= 0.3 is 0 Å². The Morgan fingerprint density at radius 1 is 1.24 bits per heavy atom. The SMILES string of the molecule is CN1CCC23c4c5ccc(OCCN6CCNCC6)c4OC2C(O)C=CC3C1=C5. The number of aliphatic hydroxyl groups excluding tert-OH is 1. The molecule has 1 aromatic carbocycles. The van der Waals surface area contributed by atoms with Gasteiger partial charge in [0.25, 0.3) is 0 Å². The van der Waals surface area contributed by atoms with Crippen molar-refractivity contribution in [2.24, 2.45) is 5.92 Å². The van der Waals surface area contributed by atoms with E-state index in [4.69, 9.17) is 9.47 Å². The molecule has 2 bridgehead atoms. The van der Waals surface area contributed by atoms with E-state index in [1.54, 1.807) is 0 Å². The highest BCUT2D eigenvalue weighted by atomic mass is 16.5. The van der Waals surface area contributed by atoms with Crippen LogP contribution in [0.4, 0.5) is 0 Å². The fraction of sp³-hybridized carbons (Fsp3) is 0.565. The number of nitrogens with one attached hydrogen (secondary N) is 1. The van der Waals surface area contributed by atoms with Crippen LogP contribution >= 0.6 is 0 Å². The molecule has 0 saturated carbocycles. The summed E-state index contributed by atoms with van der Waals surface area (Å²) in [4.78, 5) is 4.79. The summed E-state index contributed by atoms with van der Waals surface area (Å²) in [6.07, 6.45) is 6.59. The van der Waals surface area contributed by atoms with Crippen LogP contribution in [0.25, 0.3) is 6.08 Å². The van der Waals surface area contributed by atoms with E-state index in [2.05, 4.69) is 40.4 Å². The van der Waals surface area contributed by atoms with Crippen LogP contribution < -0.4 is 14.8 Å². The molecule has 1 spiro atoms. The van der Waals surface area contributed by atoms with Crippen LogP contribution in [0.5, 0.6) is 11.5 Å². The third-order valence-corrected chi connectivity index (χ3v) is 7.54. The number of benzene rings is 1. The Morgan fingerprint density at radius 3 is 2.97 bits per heavy atom. The van der Waals surface area contributed by atoms with Gasteiger partial charge in [-0.2, -0.15) is 0 Å². The minimum absolute atomic E-state index is 0.173. The maximum atomic E-state index is 10.8. The van der Waals surface area contributed by atoms with Crippen LogP contribution in [0, 0.1) is 5.92 Å². The van der Waals surface area contributed by atoms with E-state index in [0.29, 0.717) is 6.61 Å². The maximum Gasteiger partial charge on any atom is 0.166 e. The molecule has 0 radical (unpaired) electrons. The standard InChI is InChI=1S/C23H29N3O3/c1-25-9-6-23-16-3-4-18(27)22(23)29-21-19(5-2-15(20(21)23)14-17(16)25)28-13-12-26-10-7-24-8-11-26/h2-5,14,16,18,22,24,27H,6-13H2,1H3. The number of likely N-dealkylation sites (tertiary alicyclic amines) is 1. The maximum absolute atomic E-state index is 10.8. The average Bonchev–Trinajstić information content (AvgIpc) is 3.09. The van der Waals surface area contributed by atoms with Crippen molar-refractivity contribution in [2.75, 3.05) is 52.9 Å². The molecule has 6 heteroatoms. The summed E-state index contributed by atoms with van der Waals surface area (Å²) in [6.45, 7) is 6.80. The third kappa shape index (κ3) is 2.46. The fourth-order valence-electron chi connectivity index (χ4n) is 6.07. The summed E-state index contributed by atoms with van der Waals surface area (Å²) in [5, 5.41) is 14.2. The number of hydrogen-bond acceptors (Lipinski definition) is 6. The van der Waals surface area contributed by atoms with Gasteiger partial charge in [0.15, 0.2) is 11.5 Å². The Hall–Kier alpha value is -2.02. The molecule has 6 nitrogen and oxygen atoms in total. The molecule has 2 N–H and O–H groups in total. The Labute approximate surface area is 171 Å². The largest absolute Gasteiger partial charge is 0.488 e. The number of nitrogens with zero attached hydrogens (tertiary/aromatic N) is 2. The minimum atomic E-state index is -0.581. The molecule has 4 atom stereocenters. The molecular weight excluding hydrogens is 366 g/mol. The van der Waals surface area contributed by atoms with Crippen LogP contribution in [-0.4, -0.2) is 80.0 Å². The zero-order valence-electron chi connectivity index (χ0n) is 16.9. The molecule has 3 aliphatic heterocycles. The predicted molar refractivity (Wildman–Crippen MR) is 111 cm³/mol. The van der Waals surface area contributed by atoms with Gasteiger partial charge in [0.05, 0.1) is 5.41 Å². The normalized spacial score (nSPS) is 34.5. The zero-order valence-corrected chi connectivity index (χ0v) is 16.9. The molecule has 1 aromatic rings. The van der Waals surface area contributed by atoms with E-state index in [9.17, 15) is 5.11 Å². The van der Waals surface area contributed by atoms with Gasteiger partial charge in [0, 0.05) is 63.5 Å². The number of hydrogen-bond donors (Lipinski definition) is 2. The predicted octanol–water partition coefficient (Wildman–Crippen LogP) is 1.21. The molecule has 0 amide bonds. The first-order valence-electron chi connectivity index (χ1n) is 10.9. The molecule has 6 rings (SSSR count). The molecule has 2 fully saturated rings. The van der Waals surface area contributed by atoms with Crippen LogP contribution in [0.1, 0.15) is 17.5 Å². The van der Waals surface area contributed by atoms with Gasteiger partial charge in [-0.05, 0) is 24.1 Å². The van der Waals surface area contributed by atoms with Crippen LogP contribution in [0.3, 0.4) is 0 Å². The van der Waals surface area contributed by atoms with Gasteiger partial charge in [-0.15, -0.1) is 0 Å². The highest BCUT2D eigenvalue weighted by Gasteiger charge is 2.62. The van der Waals surface area contributed by atoms with E-state index in [1.807, 2.05) is 12.1 Å². The fourth-order valence-corrected chi connectivity index (χ4v) is 6.07. The van der Waals surface area contributed by atoms with E-state index in [-0.39, 0.29) is 17.4 Å². The van der Waals surface area contributed by atoms with Crippen molar-refractivity contribution in [1.29, 1.82) is 0 Å². The van der Waals surface area contributed by atoms with Gasteiger partial charge in [0.1, 0.15) is 18.8 Å². The lowest BCUT2D eigenvalue weighted by atomic mass is 9.56. The van der Waals surface area contributed by atoms with Gasteiger partial charge < -0.3 is 24.8 Å².